The van der Waals surface area contributed by atoms with Gasteiger partial charge in [0.05, 0.1) is 11.4 Å². The molecule has 1 aliphatic heterocycles. The van der Waals surface area contributed by atoms with Crippen LogP contribution >= 0.6 is 11.8 Å². The lowest BCUT2D eigenvalue weighted by Gasteiger charge is -2.33. The fourth-order valence-corrected chi connectivity index (χ4v) is 4.84. The Bertz CT molecular complexity index is 1090. The summed E-state index contributed by atoms with van der Waals surface area (Å²) in [6, 6.07) is 22.5. The molecule has 0 bridgehead atoms. The summed E-state index contributed by atoms with van der Waals surface area (Å²) in [7, 11) is 0. The van der Waals surface area contributed by atoms with Crippen molar-refractivity contribution in [1.82, 2.24) is 0 Å². The number of nitrogens with zero attached hydrogens (tertiary/aromatic N) is 1. The number of anilines is 2. The maximum atomic E-state index is 11.3. The van der Waals surface area contributed by atoms with Crippen LogP contribution in [0.3, 0.4) is 0 Å². The smallest absolute Gasteiger partial charge is 0.150 e. The van der Waals surface area contributed by atoms with Crippen LogP contribution in [0.25, 0.3) is 0 Å². The van der Waals surface area contributed by atoms with Crippen molar-refractivity contribution in [2.24, 2.45) is 0 Å². The lowest BCUT2D eigenvalue weighted by molar-refractivity contribution is 0.112. The third-order valence-corrected chi connectivity index (χ3v) is 6.34. The van der Waals surface area contributed by atoms with Crippen LogP contribution < -0.4 is 4.90 Å². The molecule has 0 fully saturated rings. The van der Waals surface area contributed by atoms with Gasteiger partial charge in [0.1, 0.15) is 6.29 Å². The maximum absolute atomic E-state index is 11.3. The van der Waals surface area contributed by atoms with Gasteiger partial charge < -0.3 is 4.90 Å². The van der Waals surface area contributed by atoms with Gasteiger partial charge in [0.25, 0.3) is 0 Å². The first-order valence-electron chi connectivity index (χ1n) is 10.5. The summed E-state index contributed by atoms with van der Waals surface area (Å²) in [5, 5.41) is 0. The molecular formula is C27H25NOS. The first-order chi connectivity index (χ1) is 14.8. The van der Waals surface area contributed by atoms with Gasteiger partial charge in [-0.2, -0.15) is 0 Å². The Morgan fingerprint density at radius 3 is 2.33 bits per heavy atom. The Labute approximate surface area is 183 Å². The van der Waals surface area contributed by atoms with E-state index in [-0.39, 0.29) is 0 Å². The minimum Gasteiger partial charge on any atom is -0.340 e. The number of unbranched alkanes of at least 4 members (excludes halogenated alkanes) is 3. The van der Waals surface area contributed by atoms with E-state index in [0.29, 0.717) is 0 Å². The average Bonchev–Trinajstić information content (AvgIpc) is 2.80. The van der Waals surface area contributed by atoms with Gasteiger partial charge in [0.2, 0.25) is 0 Å². The van der Waals surface area contributed by atoms with E-state index in [0.717, 1.165) is 40.8 Å². The van der Waals surface area contributed by atoms with Crippen molar-refractivity contribution in [2.75, 3.05) is 11.4 Å². The fourth-order valence-electron chi connectivity index (χ4n) is 3.66. The third kappa shape index (κ3) is 4.61. The van der Waals surface area contributed by atoms with Gasteiger partial charge >= 0.3 is 0 Å². The molecule has 4 rings (SSSR count). The second-order valence-corrected chi connectivity index (χ2v) is 8.54. The van der Waals surface area contributed by atoms with Gasteiger partial charge in [-0.25, -0.2) is 0 Å². The molecule has 150 valence electrons. The molecule has 0 aliphatic carbocycles. The first-order valence-corrected chi connectivity index (χ1v) is 11.4. The Balaban J connectivity index is 1.66. The number of carbonyl (C=O) groups is 1. The zero-order chi connectivity index (χ0) is 20.8. The van der Waals surface area contributed by atoms with E-state index in [9.17, 15) is 4.79 Å². The van der Waals surface area contributed by atoms with E-state index >= 15 is 0 Å². The van der Waals surface area contributed by atoms with Crippen molar-refractivity contribution < 1.29 is 4.79 Å². The highest BCUT2D eigenvalue weighted by Crippen LogP contribution is 2.48. The van der Waals surface area contributed by atoms with Crippen LogP contribution in [0.4, 0.5) is 11.4 Å². The normalized spacial score (nSPS) is 11.8. The Kier molecular flexibility index (Phi) is 6.57. The molecule has 3 heteroatoms. The molecule has 0 unspecified atom stereocenters. The van der Waals surface area contributed by atoms with E-state index in [1.165, 1.54) is 35.5 Å². The topological polar surface area (TPSA) is 20.3 Å². The summed E-state index contributed by atoms with van der Waals surface area (Å²) in [6.07, 6.45) is 5.81. The molecule has 0 atom stereocenters. The van der Waals surface area contributed by atoms with Crippen molar-refractivity contribution in [3.8, 4) is 11.8 Å². The van der Waals surface area contributed by atoms with Gasteiger partial charge in [-0.1, -0.05) is 68.0 Å². The van der Waals surface area contributed by atoms with E-state index in [2.05, 4.69) is 47.9 Å². The summed E-state index contributed by atoms with van der Waals surface area (Å²) in [4.78, 5) is 16.0. The van der Waals surface area contributed by atoms with Crippen molar-refractivity contribution >= 4 is 29.4 Å². The Morgan fingerprint density at radius 1 is 0.833 bits per heavy atom. The molecular weight excluding hydrogens is 386 g/mol. The molecule has 0 spiro atoms. The molecule has 30 heavy (non-hydrogen) atoms. The summed E-state index contributed by atoms with van der Waals surface area (Å²) in [5.74, 6) is 6.54. The predicted octanol–water partition coefficient (Wildman–Crippen LogP) is 7.08. The van der Waals surface area contributed by atoms with Gasteiger partial charge in [0.15, 0.2) is 0 Å². The fraction of sp³-hybridized carbons (Fsp3) is 0.222. The lowest BCUT2D eigenvalue weighted by atomic mass is 10.1. The molecule has 0 amide bonds. The SMILES string of the molecule is CCCCCCN1c2ccc(C#Cc3ccccc3)cc2Sc2cc(C=O)ccc21. The van der Waals surface area contributed by atoms with E-state index < -0.39 is 0 Å². The molecule has 0 radical (unpaired) electrons. The van der Waals surface area contributed by atoms with Crippen molar-refractivity contribution in [1.29, 1.82) is 0 Å². The summed E-state index contributed by atoms with van der Waals surface area (Å²) < 4.78 is 0. The van der Waals surface area contributed by atoms with Gasteiger partial charge in [-0.05, 0) is 55.0 Å². The van der Waals surface area contributed by atoms with E-state index in [1.54, 1.807) is 11.8 Å². The van der Waals surface area contributed by atoms with Crippen LogP contribution in [-0.4, -0.2) is 12.8 Å². The van der Waals surface area contributed by atoms with Crippen molar-refractivity contribution in [3.63, 3.8) is 0 Å². The number of carbonyl (C=O) groups excluding carboxylic acids is 1. The summed E-state index contributed by atoms with van der Waals surface area (Å²) in [6.45, 7) is 3.22. The lowest BCUT2D eigenvalue weighted by Crippen LogP contribution is -2.22. The molecule has 0 aromatic heterocycles. The standard InChI is InChI=1S/C27H25NOS/c1-2-3-4-8-17-28-24-15-13-22(12-11-21-9-6-5-7-10-21)18-26(24)30-27-19-23(20-29)14-16-25(27)28/h5-7,9-10,13-16,18-20H,2-4,8,17H2,1H3. The number of aldehydes is 1. The second-order valence-electron chi connectivity index (χ2n) is 7.46. The number of hydrogen-bond donors (Lipinski definition) is 0. The first kappa shape index (κ1) is 20.3. The minimum atomic E-state index is 0.718. The molecule has 1 aliphatic rings. The van der Waals surface area contributed by atoms with Crippen LogP contribution in [0, 0.1) is 11.8 Å². The zero-order valence-corrected chi connectivity index (χ0v) is 18.0. The van der Waals surface area contributed by atoms with Crippen molar-refractivity contribution in [2.45, 2.75) is 42.4 Å². The largest absolute Gasteiger partial charge is 0.340 e. The Morgan fingerprint density at radius 2 is 1.57 bits per heavy atom. The average molecular weight is 412 g/mol. The highest BCUT2D eigenvalue weighted by atomic mass is 32.2. The highest BCUT2D eigenvalue weighted by Gasteiger charge is 2.23. The molecule has 1 heterocycles. The third-order valence-electron chi connectivity index (χ3n) is 5.24. The van der Waals surface area contributed by atoms with Crippen molar-refractivity contribution in [3.05, 3.63) is 83.4 Å². The predicted molar refractivity (Wildman–Crippen MR) is 126 cm³/mol. The van der Waals surface area contributed by atoms with Crippen LogP contribution in [0.2, 0.25) is 0 Å². The Hall–Kier alpha value is -2.96. The number of rotatable bonds is 6. The number of fused-ring (bicyclic) bond motifs is 2. The zero-order valence-electron chi connectivity index (χ0n) is 17.2. The molecule has 3 aromatic rings. The second kappa shape index (κ2) is 9.69. The number of hydrogen-bond acceptors (Lipinski definition) is 3. The van der Waals surface area contributed by atoms with Crippen LogP contribution in [-0.2, 0) is 0 Å². The molecule has 3 aromatic carbocycles. The van der Waals surface area contributed by atoms with Crippen LogP contribution in [0.15, 0.2) is 76.5 Å². The monoisotopic (exact) mass is 411 g/mol. The highest BCUT2D eigenvalue weighted by molar-refractivity contribution is 7.99. The summed E-state index contributed by atoms with van der Waals surface area (Å²) in [5.41, 5.74) is 5.16. The number of benzene rings is 3. The molecule has 2 nitrogen and oxygen atoms in total. The maximum Gasteiger partial charge on any atom is 0.150 e. The summed E-state index contributed by atoms with van der Waals surface area (Å²) >= 11 is 1.73. The van der Waals surface area contributed by atoms with Gasteiger partial charge in [0, 0.05) is 33.0 Å². The molecule has 0 saturated carbocycles. The minimum absolute atomic E-state index is 0.718. The molecule has 0 saturated heterocycles. The van der Waals surface area contributed by atoms with E-state index in [4.69, 9.17) is 0 Å². The van der Waals surface area contributed by atoms with E-state index in [1.807, 2.05) is 42.5 Å². The molecule has 0 N–H and O–H groups in total. The van der Waals surface area contributed by atoms with Crippen LogP contribution in [0.5, 0.6) is 0 Å². The quantitative estimate of drug-likeness (QED) is 0.245. The van der Waals surface area contributed by atoms with Gasteiger partial charge in [-0.15, -0.1) is 0 Å². The van der Waals surface area contributed by atoms with Crippen LogP contribution in [0.1, 0.15) is 54.1 Å². The van der Waals surface area contributed by atoms with Gasteiger partial charge in [-0.3, -0.25) is 4.79 Å².